The summed E-state index contributed by atoms with van der Waals surface area (Å²) in [5, 5.41) is -0.203. The van der Waals surface area contributed by atoms with E-state index in [1.807, 2.05) is 49.4 Å². The first kappa shape index (κ1) is 16.1. The molecule has 0 saturated heterocycles. The van der Waals surface area contributed by atoms with Gasteiger partial charge < -0.3 is 5.73 Å². The van der Waals surface area contributed by atoms with Crippen LogP contribution in [0, 0.1) is 6.92 Å². The van der Waals surface area contributed by atoms with E-state index >= 15 is 0 Å². The molecular formula is C17H17NO3S2. The van der Waals surface area contributed by atoms with Crippen LogP contribution < -0.4 is 5.73 Å². The van der Waals surface area contributed by atoms with Crippen LogP contribution in [0.15, 0.2) is 42.5 Å². The minimum Gasteiger partial charge on any atom is -0.369 e. The van der Waals surface area contributed by atoms with E-state index in [4.69, 9.17) is 5.73 Å². The highest BCUT2D eigenvalue weighted by atomic mass is 32.2. The Bertz CT molecular complexity index is 818. The Morgan fingerprint density at radius 2 is 1.83 bits per heavy atom. The molecule has 1 aliphatic rings. The third kappa shape index (κ3) is 3.28. The summed E-state index contributed by atoms with van der Waals surface area (Å²) in [4.78, 5) is 10.8. The fourth-order valence-corrected chi connectivity index (χ4v) is 6.01. The summed E-state index contributed by atoms with van der Waals surface area (Å²) in [6.45, 7) is 2.03. The zero-order valence-electron chi connectivity index (χ0n) is 12.7. The van der Waals surface area contributed by atoms with Crippen molar-refractivity contribution in [1.82, 2.24) is 0 Å². The van der Waals surface area contributed by atoms with E-state index < -0.39 is 27.5 Å². The maximum Gasteiger partial charge on any atom is 0.230 e. The lowest BCUT2D eigenvalue weighted by atomic mass is 10.0. The Labute approximate surface area is 140 Å². The molecule has 1 aliphatic carbocycles. The number of benzene rings is 2. The highest BCUT2D eigenvalue weighted by Gasteiger charge is 2.41. The number of nitrogens with two attached hydrogens (primary N) is 1. The standard InChI is InChI=1S/C17H17NO3S2/c1-11-7-8-13-16(15(11)12-5-3-2-4-6-12)17(13)23(21)10-22(20)9-14(18)19/h2-8,17H,9-10H2,1H3,(H2,18,19). The van der Waals surface area contributed by atoms with Gasteiger partial charge in [-0.2, -0.15) is 0 Å². The van der Waals surface area contributed by atoms with Crippen molar-refractivity contribution in [1.29, 1.82) is 0 Å². The number of carbonyl (C=O) groups excluding carboxylic acids is 1. The van der Waals surface area contributed by atoms with Crippen molar-refractivity contribution in [2.24, 2.45) is 5.73 Å². The number of fused-ring (bicyclic) bond motifs is 1. The molecule has 3 atom stereocenters. The van der Waals surface area contributed by atoms with Crippen LogP contribution >= 0.6 is 0 Å². The van der Waals surface area contributed by atoms with Gasteiger partial charge in [-0.3, -0.25) is 13.2 Å². The highest BCUT2D eigenvalue weighted by molar-refractivity contribution is 8.02. The molecule has 23 heavy (non-hydrogen) atoms. The minimum atomic E-state index is -1.48. The summed E-state index contributed by atoms with van der Waals surface area (Å²) in [7, 11) is -2.78. The molecule has 120 valence electrons. The molecule has 0 aromatic heterocycles. The number of hydrogen-bond acceptors (Lipinski definition) is 3. The van der Waals surface area contributed by atoms with Gasteiger partial charge in [0.25, 0.3) is 0 Å². The Balaban J connectivity index is 1.85. The normalized spacial score (nSPS) is 18.0. The highest BCUT2D eigenvalue weighted by Crippen LogP contribution is 2.52. The van der Waals surface area contributed by atoms with Gasteiger partial charge in [-0.15, -0.1) is 0 Å². The molecule has 2 N–H and O–H groups in total. The molecule has 0 spiro atoms. The number of carbonyl (C=O) groups is 1. The molecule has 0 radical (unpaired) electrons. The van der Waals surface area contributed by atoms with Gasteiger partial charge in [0.05, 0.1) is 5.25 Å². The first-order chi connectivity index (χ1) is 11.0. The second-order valence-corrected chi connectivity index (χ2v) is 8.90. The van der Waals surface area contributed by atoms with Crippen molar-refractivity contribution in [2.45, 2.75) is 12.2 Å². The predicted octanol–water partition coefficient (Wildman–Crippen LogP) is 2.01. The van der Waals surface area contributed by atoms with Gasteiger partial charge in [-0.1, -0.05) is 42.5 Å². The van der Waals surface area contributed by atoms with Crippen LogP contribution in [0.4, 0.5) is 0 Å². The molecular weight excluding hydrogens is 330 g/mol. The van der Waals surface area contributed by atoms with Gasteiger partial charge >= 0.3 is 0 Å². The van der Waals surface area contributed by atoms with Gasteiger partial charge in [0.1, 0.15) is 10.8 Å². The topological polar surface area (TPSA) is 77.2 Å². The Morgan fingerprint density at radius 3 is 2.48 bits per heavy atom. The SMILES string of the molecule is Cc1ccc2c(c1-c1ccccc1)C2S(=O)CS(=O)CC(N)=O. The van der Waals surface area contributed by atoms with Crippen molar-refractivity contribution < 1.29 is 13.2 Å². The lowest BCUT2D eigenvalue weighted by Gasteiger charge is -2.05. The zero-order valence-corrected chi connectivity index (χ0v) is 14.3. The minimum absolute atomic E-state index is 0.0183. The van der Waals surface area contributed by atoms with Gasteiger partial charge in [0, 0.05) is 21.6 Å². The molecule has 3 rings (SSSR count). The monoisotopic (exact) mass is 347 g/mol. The molecule has 2 aromatic rings. The number of amides is 1. The third-order valence-corrected chi connectivity index (χ3v) is 7.43. The number of primary amides is 1. The van der Waals surface area contributed by atoms with Crippen molar-refractivity contribution >= 4 is 27.5 Å². The molecule has 0 saturated carbocycles. The van der Waals surface area contributed by atoms with Gasteiger partial charge in [0.2, 0.25) is 5.91 Å². The summed E-state index contributed by atoms with van der Waals surface area (Å²) >= 11 is 0. The fourth-order valence-electron chi connectivity index (χ4n) is 2.84. The Kier molecular flexibility index (Phi) is 4.46. The van der Waals surface area contributed by atoms with E-state index in [2.05, 4.69) is 0 Å². The fraction of sp³-hybridized carbons (Fsp3) is 0.235. The van der Waals surface area contributed by atoms with Gasteiger partial charge in [0.15, 0.2) is 0 Å². The predicted molar refractivity (Wildman–Crippen MR) is 93.7 cm³/mol. The summed E-state index contributed by atoms with van der Waals surface area (Å²) in [5.74, 6) is -0.867. The van der Waals surface area contributed by atoms with Crippen LogP contribution in [0.25, 0.3) is 11.1 Å². The number of aryl methyl sites for hydroxylation is 1. The van der Waals surface area contributed by atoms with Crippen LogP contribution in [0.1, 0.15) is 21.9 Å². The van der Waals surface area contributed by atoms with Crippen LogP contribution in [0.5, 0.6) is 0 Å². The molecule has 1 amide bonds. The quantitative estimate of drug-likeness (QED) is 0.868. The van der Waals surface area contributed by atoms with E-state index in [9.17, 15) is 13.2 Å². The van der Waals surface area contributed by atoms with E-state index in [1.165, 1.54) is 0 Å². The summed E-state index contributed by atoms with van der Waals surface area (Å²) < 4.78 is 24.3. The maximum atomic E-state index is 12.5. The second-order valence-electron chi connectivity index (χ2n) is 5.56. The summed E-state index contributed by atoms with van der Waals surface area (Å²) in [6.07, 6.45) is 0. The molecule has 0 bridgehead atoms. The van der Waals surface area contributed by atoms with E-state index in [0.29, 0.717) is 0 Å². The molecule has 3 unspecified atom stereocenters. The van der Waals surface area contributed by atoms with Crippen LogP contribution in [-0.2, 0) is 26.4 Å². The van der Waals surface area contributed by atoms with Crippen molar-refractivity contribution in [3.63, 3.8) is 0 Å². The molecule has 6 heteroatoms. The van der Waals surface area contributed by atoms with Crippen LogP contribution in [-0.4, -0.2) is 25.2 Å². The molecule has 0 heterocycles. The van der Waals surface area contributed by atoms with Crippen LogP contribution in [0.3, 0.4) is 0 Å². The Hall–Kier alpha value is -1.79. The van der Waals surface area contributed by atoms with Crippen LogP contribution in [0.2, 0.25) is 0 Å². The van der Waals surface area contributed by atoms with Crippen molar-refractivity contribution in [3.05, 3.63) is 59.2 Å². The molecule has 0 fully saturated rings. The Morgan fingerprint density at radius 1 is 1.13 bits per heavy atom. The lowest BCUT2D eigenvalue weighted by molar-refractivity contribution is -0.115. The summed E-state index contributed by atoms with van der Waals surface area (Å²) in [6, 6.07) is 14.0. The van der Waals surface area contributed by atoms with Crippen molar-refractivity contribution in [3.8, 4) is 11.1 Å². The first-order valence-corrected chi connectivity index (χ1v) is 10.1. The van der Waals surface area contributed by atoms with E-state index in [0.717, 1.165) is 27.8 Å². The molecule has 2 aromatic carbocycles. The third-order valence-electron chi connectivity index (χ3n) is 3.83. The summed E-state index contributed by atoms with van der Waals surface area (Å²) in [5.41, 5.74) is 10.5. The zero-order chi connectivity index (χ0) is 16.6. The number of rotatable bonds is 6. The lowest BCUT2D eigenvalue weighted by Crippen LogP contribution is -2.22. The van der Waals surface area contributed by atoms with E-state index in [1.54, 1.807) is 0 Å². The number of hydrogen-bond donors (Lipinski definition) is 1. The van der Waals surface area contributed by atoms with Gasteiger partial charge in [-0.05, 0) is 34.7 Å². The van der Waals surface area contributed by atoms with E-state index in [-0.39, 0.29) is 16.1 Å². The average Bonchev–Trinajstić information content (AvgIpc) is 3.21. The van der Waals surface area contributed by atoms with Crippen molar-refractivity contribution in [2.75, 3.05) is 10.8 Å². The molecule has 0 aliphatic heterocycles. The largest absolute Gasteiger partial charge is 0.369 e. The maximum absolute atomic E-state index is 12.5. The average molecular weight is 347 g/mol. The molecule has 4 nitrogen and oxygen atoms in total. The second kappa shape index (κ2) is 6.37. The smallest absolute Gasteiger partial charge is 0.230 e. The first-order valence-electron chi connectivity index (χ1n) is 7.18. The van der Waals surface area contributed by atoms with Gasteiger partial charge in [-0.25, -0.2) is 0 Å².